The van der Waals surface area contributed by atoms with Crippen molar-refractivity contribution in [3.63, 3.8) is 0 Å². The molecule has 0 saturated carbocycles. The van der Waals surface area contributed by atoms with Gasteiger partial charge < -0.3 is 11.1 Å². The first-order valence-corrected chi connectivity index (χ1v) is 6.40. The predicted molar refractivity (Wildman–Crippen MR) is 78.3 cm³/mol. The smallest absolute Gasteiger partial charge is 0.233 e. The lowest BCUT2D eigenvalue weighted by Gasteiger charge is -2.15. The number of carbonyl (C=O) groups excluding carboxylic acids is 1. The van der Waals surface area contributed by atoms with Crippen LogP contribution in [0.3, 0.4) is 0 Å². The van der Waals surface area contributed by atoms with E-state index in [9.17, 15) is 4.79 Å². The number of halogens is 1. The second-order valence-corrected chi connectivity index (χ2v) is 4.64. The first-order valence-electron chi connectivity index (χ1n) is 6.02. The van der Waals surface area contributed by atoms with E-state index in [1.807, 2.05) is 30.3 Å². The van der Waals surface area contributed by atoms with Crippen LogP contribution in [0.5, 0.6) is 0 Å². The Morgan fingerprint density at radius 2 is 1.89 bits per heavy atom. The quantitative estimate of drug-likeness (QED) is 0.900. The Morgan fingerprint density at radius 1 is 1.16 bits per heavy atom. The maximum Gasteiger partial charge on any atom is 0.233 e. The summed E-state index contributed by atoms with van der Waals surface area (Å²) in [5, 5.41) is 3.41. The molecule has 0 fully saturated rings. The summed E-state index contributed by atoms with van der Waals surface area (Å²) in [6.45, 7) is 0.260. The predicted octanol–water partition coefficient (Wildman–Crippen LogP) is 3.02. The van der Waals surface area contributed by atoms with Crippen LogP contribution in [0.4, 0.5) is 5.69 Å². The van der Waals surface area contributed by atoms with E-state index in [1.54, 1.807) is 24.3 Å². The lowest BCUT2D eigenvalue weighted by Crippen LogP contribution is -2.27. The third-order valence-electron chi connectivity index (χ3n) is 2.85. The van der Waals surface area contributed by atoms with Gasteiger partial charge in [-0.15, -0.1) is 0 Å². The number of amides is 1. The Morgan fingerprint density at radius 3 is 2.53 bits per heavy atom. The highest BCUT2D eigenvalue weighted by atomic mass is 35.5. The lowest BCUT2D eigenvalue weighted by molar-refractivity contribution is -0.117. The van der Waals surface area contributed by atoms with Crippen LogP contribution in [-0.4, -0.2) is 12.5 Å². The van der Waals surface area contributed by atoms with Crippen LogP contribution in [0.25, 0.3) is 0 Å². The second-order valence-electron chi connectivity index (χ2n) is 4.20. The van der Waals surface area contributed by atoms with Crippen molar-refractivity contribution in [1.29, 1.82) is 0 Å². The molecule has 4 heteroatoms. The van der Waals surface area contributed by atoms with E-state index >= 15 is 0 Å². The third kappa shape index (κ3) is 3.56. The molecule has 1 atom stereocenters. The summed E-state index contributed by atoms with van der Waals surface area (Å²) >= 11 is 5.88. The van der Waals surface area contributed by atoms with Crippen molar-refractivity contribution in [3.05, 3.63) is 65.2 Å². The summed E-state index contributed by atoms with van der Waals surface area (Å²) < 4.78 is 0. The molecule has 0 aliphatic rings. The highest BCUT2D eigenvalue weighted by Gasteiger charge is 2.18. The van der Waals surface area contributed by atoms with Gasteiger partial charge in [-0.3, -0.25) is 4.79 Å². The average molecular weight is 275 g/mol. The minimum absolute atomic E-state index is 0.129. The molecule has 0 heterocycles. The van der Waals surface area contributed by atoms with Gasteiger partial charge in [0.05, 0.1) is 5.92 Å². The van der Waals surface area contributed by atoms with Crippen LogP contribution in [0.2, 0.25) is 5.02 Å². The molecule has 98 valence electrons. The minimum Gasteiger partial charge on any atom is -0.329 e. The fourth-order valence-electron chi connectivity index (χ4n) is 1.88. The number of hydrogen-bond acceptors (Lipinski definition) is 2. The standard InChI is InChI=1S/C15H15ClN2O/c16-12-7-4-8-13(9-12)18-15(19)14(10-17)11-5-2-1-3-6-11/h1-9,14H,10,17H2,(H,18,19). The summed E-state index contributed by atoms with van der Waals surface area (Å²) in [5.74, 6) is -0.490. The van der Waals surface area contributed by atoms with E-state index in [0.717, 1.165) is 5.56 Å². The largest absolute Gasteiger partial charge is 0.329 e. The zero-order valence-electron chi connectivity index (χ0n) is 10.3. The van der Waals surface area contributed by atoms with E-state index in [1.165, 1.54) is 0 Å². The number of nitrogens with one attached hydrogen (secondary N) is 1. The highest BCUT2D eigenvalue weighted by Crippen LogP contribution is 2.19. The van der Waals surface area contributed by atoms with Crippen molar-refractivity contribution in [3.8, 4) is 0 Å². The van der Waals surface area contributed by atoms with Crippen LogP contribution in [0.1, 0.15) is 11.5 Å². The Bertz CT molecular complexity index is 557. The van der Waals surface area contributed by atoms with Gasteiger partial charge in [-0.05, 0) is 23.8 Å². The van der Waals surface area contributed by atoms with Gasteiger partial charge in [-0.25, -0.2) is 0 Å². The zero-order chi connectivity index (χ0) is 13.7. The van der Waals surface area contributed by atoms with Crippen LogP contribution >= 0.6 is 11.6 Å². The van der Waals surface area contributed by atoms with Crippen molar-refractivity contribution in [2.45, 2.75) is 5.92 Å². The Labute approximate surface area is 117 Å². The molecule has 2 aromatic rings. The van der Waals surface area contributed by atoms with E-state index < -0.39 is 0 Å². The molecule has 0 aliphatic heterocycles. The van der Waals surface area contributed by atoms with Crippen molar-refractivity contribution >= 4 is 23.2 Å². The second kappa shape index (κ2) is 6.36. The zero-order valence-corrected chi connectivity index (χ0v) is 11.1. The summed E-state index contributed by atoms with van der Waals surface area (Å²) in [6.07, 6.45) is 0. The highest BCUT2D eigenvalue weighted by molar-refractivity contribution is 6.30. The first-order chi connectivity index (χ1) is 9.20. The third-order valence-corrected chi connectivity index (χ3v) is 3.08. The maximum absolute atomic E-state index is 12.2. The summed E-state index contributed by atoms with van der Waals surface area (Å²) in [4.78, 5) is 12.2. The Kier molecular flexibility index (Phi) is 4.55. The molecule has 0 aliphatic carbocycles. The molecule has 0 aromatic heterocycles. The molecular weight excluding hydrogens is 260 g/mol. The number of benzene rings is 2. The van der Waals surface area contributed by atoms with Gasteiger partial charge in [0.2, 0.25) is 5.91 Å². The molecule has 0 saturated heterocycles. The van der Waals surface area contributed by atoms with E-state index in [2.05, 4.69) is 5.32 Å². The van der Waals surface area contributed by atoms with Crippen molar-refractivity contribution in [2.75, 3.05) is 11.9 Å². The average Bonchev–Trinajstić information content (AvgIpc) is 2.41. The fourth-order valence-corrected chi connectivity index (χ4v) is 2.07. The molecular formula is C15H15ClN2O. The molecule has 2 rings (SSSR count). The monoisotopic (exact) mass is 274 g/mol. The van der Waals surface area contributed by atoms with Crippen LogP contribution < -0.4 is 11.1 Å². The SMILES string of the molecule is NCC(C(=O)Nc1cccc(Cl)c1)c1ccccc1. The molecule has 3 nitrogen and oxygen atoms in total. The van der Waals surface area contributed by atoms with Crippen molar-refractivity contribution in [2.24, 2.45) is 5.73 Å². The fraction of sp³-hybridized carbons (Fsp3) is 0.133. The number of rotatable bonds is 4. The first kappa shape index (κ1) is 13.6. The van der Waals surface area contributed by atoms with Crippen LogP contribution in [0.15, 0.2) is 54.6 Å². The number of carbonyl (C=O) groups is 1. The minimum atomic E-state index is -0.361. The van der Waals surface area contributed by atoms with Gasteiger partial charge in [0.25, 0.3) is 0 Å². The molecule has 0 bridgehead atoms. The lowest BCUT2D eigenvalue weighted by atomic mass is 9.98. The summed E-state index contributed by atoms with van der Waals surface area (Å²) in [7, 11) is 0. The maximum atomic E-state index is 12.2. The Hall–Kier alpha value is -1.84. The van der Waals surface area contributed by atoms with Crippen molar-refractivity contribution < 1.29 is 4.79 Å². The molecule has 0 radical (unpaired) electrons. The van der Waals surface area contributed by atoms with Gasteiger partial charge in [0.1, 0.15) is 0 Å². The topological polar surface area (TPSA) is 55.1 Å². The molecule has 1 unspecified atom stereocenters. The van der Waals surface area contributed by atoms with E-state index in [-0.39, 0.29) is 18.4 Å². The van der Waals surface area contributed by atoms with Gasteiger partial charge in [0.15, 0.2) is 0 Å². The van der Waals surface area contributed by atoms with Gasteiger partial charge in [-0.1, -0.05) is 48.0 Å². The molecule has 3 N–H and O–H groups in total. The molecule has 2 aromatic carbocycles. The summed E-state index contributed by atoms with van der Waals surface area (Å²) in [6, 6.07) is 16.5. The molecule has 1 amide bonds. The van der Waals surface area contributed by atoms with Crippen molar-refractivity contribution in [1.82, 2.24) is 0 Å². The molecule has 19 heavy (non-hydrogen) atoms. The molecule has 0 spiro atoms. The van der Waals surface area contributed by atoms with Gasteiger partial charge >= 0.3 is 0 Å². The Balaban J connectivity index is 2.14. The van der Waals surface area contributed by atoms with Gasteiger partial charge in [-0.2, -0.15) is 0 Å². The van der Waals surface area contributed by atoms with E-state index in [4.69, 9.17) is 17.3 Å². The summed E-state index contributed by atoms with van der Waals surface area (Å²) in [5.41, 5.74) is 7.28. The number of nitrogens with two attached hydrogens (primary N) is 1. The number of hydrogen-bond donors (Lipinski definition) is 2. The normalized spacial score (nSPS) is 11.9. The number of anilines is 1. The van der Waals surface area contributed by atoms with Crippen LogP contribution in [-0.2, 0) is 4.79 Å². The van der Waals surface area contributed by atoms with Crippen LogP contribution in [0, 0.1) is 0 Å². The van der Waals surface area contributed by atoms with E-state index in [0.29, 0.717) is 10.7 Å². The van der Waals surface area contributed by atoms with Gasteiger partial charge in [0, 0.05) is 17.3 Å².